The predicted octanol–water partition coefficient (Wildman–Crippen LogP) is 2.32. The SMILES string of the molecule is CC(NC(=O)CSc1nnc(N/N=C/c2ccc([N+](=O)[O-])cc2)n1N)c1ccccc1. The van der Waals surface area contributed by atoms with E-state index in [0.29, 0.717) is 10.7 Å². The molecule has 11 nitrogen and oxygen atoms in total. The number of thioether (sulfide) groups is 1. The number of carbonyl (C=O) groups excluding carboxylic acids is 1. The molecule has 0 aliphatic rings. The zero-order valence-electron chi connectivity index (χ0n) is 16.5. The third-order valence-corrected chi connectivity index (χ3v) is 5.10. The molecule has 12 heteroatoms. The minimum Gasteiger partial charge on any atom is -0.349 e. The van der Waals surface area contributed by atoms with Crippen LogP contribution in [0.3, 0.4) is 0 Å². The Labute approximate surface area is 181 Å². The van der Waals surface area contributed by atoms with Crippen LogP contribution in [-0.4, -0.2) is 37.7 Å². The molecular weight excluding hydrogens is 420 g/mol. The maximum atomic E-state index is 12.2. The van der Waals surface area contributed by atoms with E-state index in [9.17, 15) is 14.9 Å². The quantitative estimate of drug-likeness (QED) is 0.151. The second-order valence-electron chi connectivity index (χ2n) is 6.38. The minimum atomic E-state index is -0.474. The summed E-state index contributed by atoms with van der Waals surface area (Å²) in [5, 5.41) is 25.7. The number of benzene rings is 2. The molecule has 160 valence electrons. The van der Waals surface area contributed by atoms with Crippen LogP contribution in [0.2, 0.25) is 0 Å². The first-order chi connectivity index (χ1) is 14.9. The van der Waals surface area contributed by atoms with E-state index in [-0.39, 0.29) is 29.3 Å². The van der Waals surface area contributed by atoms with E-state index >= 15 is 0 Å². The first kappa shape index (κ1) is 21.8. The molecule has 0 spiro atoms. The molecular formula is C19H20N8O3S. The summed E-state index contributed by atoms with van der Waals surface area (Å²) in [6.07, 6.45) is 1.46. The summed E-state index contributed by atoms with van der Waals surface area (Å²) in [7, 11) is 0. The fourth-order valence-electron chi connectivity index (χ4n) is 2.54. The van der Waals surface area contributed by atoms with Gasteiger partial charge in [0.05, 0.1) is 22.9 Å². The number of nitro benzene ring substituents is 1. The van der Waals surface area contributed by atoms with Gasteiger partial charge in [0.2, 0.25) is 11.1 Å². The Morgan fingerprint density at radius 1 is 1.26 bits per heavy atom. The number of nitrogens with zero attached hydrogens (tertiary/aromatic N) is 5. The number of nitrogens with one attached hydrogen (secondary N) is 2. The largest absolute Gasteiger partial charge is 0.349 e. The maximum Gasteiger partial charge on any atom is 0.269 e. The van der Waals surface area contributed by atoms with Crippen LogP contribution < -0.4 is 16.6 Å². The van der Waals surface area contributed by atoms with Crippen molar-refractivity contribution in [2.75, 3.05) is 17.0 Å². The number of hydrogen-bond donors (Lipinski definition) is 3. The average molecular weight is 440 g/mol. The van der Waals surface area contributed by atoms with Crippen LogP contribution in [0.15, 0.2) is 64.9 Å². The summed E-state index contributed by atoms with van der Waals surface area (Å²) in [6, 6.07) is 15.4. The molecule has 0 aliphatic heterocycles. The van der Waals surface area contributed by atoms with Gasteiger partial charge in [-0.2, -0.15) is 5.10 Å². The van der Waals surface area contributed by atoms with Gasteiger partial charge in [0.1, 0.15) is 0 Å². The highest BCUT2D eigenvalue weighted by Crippen LogP contribution is 2.18. The second-order valence-corrected chi connectivity index (χ2v) is 7.33. The molecule has 3 aromatic rings. The van der Waals surface area contributed by atoms with Gasteiger partial charge < -0.3 is 11.2 Å². The number of nitrogen functional groups attached to an aromatic ring is 1. The van der Waals surface area contributed by atoms with Crippen LogP contribution in [0.1, 0.15) is 24.1 Å². The molecule has 1 amide bonds. The lowest BCUT2D eigenvalue weighted by atomic mass is 10.1. The number of rotatable bonds is 9. The first-order valence-corrected chi connectivity index (χ1v) is 10.1. The van der Waals surface area contributed by atoms with Crippen molar-refractivity contribution in [3.8, 4) is 0 Å². The van der Waals surface area contributed by atoms with Gasteiger partial charge >= 0.3 is 0 Å². The molecule has 0 saturated carbocycles. The smallest absolute Gasteiger partial charge is 0.269 e. The van der Waals surface area contributed by atoms with Crippen molar-refractivity contribution in [1.29, 1.82) is 0 Å². The molecule has 1 atom stereocenters. The van der Waals surface area contributed by atoms with Crippen molar-refractivity contribution >= 4 is 35.5 Å². The monoisotopic (exact) mass is 440 g/mol. The zero-order valence-corrected chi connectivity index (χ0v) is 17.3. The first-order valence-electron chi connectivity index (χ1n) is 9.15. The summed E-state index contributed by atoms with van der Waals surface area (Å²) < 4.78 is 1.19. The van der Waals surface area contributed by atoms with Crippen LogP contribution in [0.25, 0.3) is 0 Å². The van der Waals surface area contributed by atoms with Gasteiger partial charge in [0.25, 0.3) is 11.6 Å². The highest BCUT2D eigenvalue weighted by atomic mass is 32.2. The lowest BCUT2D eigenvalue weighted by Gasteiger charge is -2.13. The van der Waals surface area contributed by atoms with Crippen molar-refractivity contribution in [1.82, 2.24) is 20.2 Å². The van der Waals surface area contributed by atoms with Gasteiger partial charge in [-0.1, -0.05) is 42.1 Å². The summed E-state index contributed by atoms with van der Waals surface area (Å²) in [5.74, 6) is 6.09. The zero-order chi connectivity index (χ0) is 22.2. The van der Waals surface area contributed by atoms with Crippen molar-refractivity contribution in [2.45, 2.75) is 18.1 Å². The van der Waals surface area contributed by atoms with Crippen LogP contribution in [-0.2, 0) is 4.79 Å². The number of anilines is 1. The van der Waals surface area contributed by atoms with E-state index in [0.717, 1.165) is 17.3 Å². The number of hydrogen-bond acceptors (Lipinski definition) is 9. The Hall–Kier alpha value is -3.93. The van der Waals surface area contributed by atoms with Gasteiger partial charge in [0.15, 0.2) is 0 Å². The molecule has 31 heavy (non-hydrogen) atoms. The number of aromatic nitrogens is 3. The molecule has 2 aromatic carbocycles. The molecule has 0 bridgehead atoms. The Kier molecular flexibility index (Phi) is 7.17. The van der Waals surface area contributed by atoms with Gasteiger partial charge in [0, 0.05) is 12.1 Å². The van der Waals surface area contributed by atoms with Gasteiger partial charge in [-0.15, -0.1) is 10.2 Å². The Balaban J connectivity index is 1.50. The third-order valence-electron chi connectivity index (χ3n) is 4.16. The Morgan fingerprint density at radius 3 is 2.65 bits per heavy atom. The molecule has 1 aromatic heterocycles. The highest BCUT2D eigenvalue weighted by Gasteiger charge is 2.14. The van der Waals surface area contributed by atoms with E-state index in [1.54, 1.807) is 12.1 Å². The number of amides is 1. The second kappa shape index (κ2) is 10.2. The summed E-state index contributed by atoms with van der Waals surface area (Å²) in [6.45, 7) is 1.91. The minimum absolute atomic E-state index is 0.00400. The van der Waals surface area contributed by atoms with Crippen LogP contribution in [0.5, 0.6) is 0 Å². The predicted molar refractivity (Wildman–Crippen MR) is 118 cm³/mol. The number of carbonyl (C=O) groups is 1. The Bertz CT molecular complexity index is 1070. The van der Waals surface area contributed by atoms with E-state index in [4.69, 9.17) is 5.84 Å². The van der Waals surface area contributed by atoms with E-state index in [2.05, 4.69) is 26.0 Å². The van der Waals surface area contributed by atoms with E-state index in [1.165, 1.54) is 23.0 Å². The van der Waals surface area contributed by atoms with Crippen molar-refractivity contribution in [2.24, 2.45) is 5.10 Å². The fraction of sp³-hybridized carbons (Fsp3) is 0.158. The Morgan fingerprint density at radius 2 is 1.97 bits per heavy atom. The standard InChI is InChI=1S/C19H20N8O3S/c1-13(15-5-3-2-4-6-15)22-17(28)12-31-19-25-24-18(26(19)20)23-21-11-14-7-9-16(10-8-14)27(29)30/h2-11,13H,12,20H2,1H3,(H,22,28)(H,23,24)/b21-11+. The maximum absolute atomic E-state index is 12.2. The van der Waals surface area contributed by atoms with E-state index in [1.807, 2.05) is 37.3 Å². The molecule has 4 N–H and O–H groups in total. The van der Waals surface area contributed by atoms with Crippen LogP contribution >= 0.6 is 11.8 Å². The van der Waals surface area contributed by atoms with Gasteiger partial charge in [-0.3, -0.25) is 14.9 Å². The third kappa shape index (κ3) is 6.02. The molecule has 1 heterocycles. The lowest BCUT2D eigenvalue weighted by Crippen LogP contribution is -2.28. The summed E-state index contributed by atoms with van der Waals surface area (Å²) >= 11 is 1.14. The normalized spacial score (nSPS) is 11.9. The molecule has 0 aliphatic carbocycles. The molecule has 3 rings (SSSR count). The highest BCUT2D eigenvalue weighted by molar-refractivity contribution is 7.99. The fourth-order valence-corrected chi connectivity index (χ4v) is 3.20. The number of nitro groups is 1. The summed E-state index contributed by atoms with van der Waals surface area (Å²) in [4.78, 5) is 22.4. The van der Waals surface area contributed by atoms with Crippen molar-refractivity contribution in [3.05, 3.63) is 75.8 Å². The molecule has 0 saturated heterocycles. The molecule has 0 radical (unpaired) electrons. The van der Waals surface area contributed by atoms with Gasteiger partial charge in [-0.25, -0.2) is 10.1 Å². The number of non-ortho nitro benzene ring substituents is 1. The van der Waals surface area contributed by atoms with Gasteiger partial charge in [-0.05, 0) is 30.2 Å². The topological polar surface area (TPSA) is 153 Å². The number of nitrogens with two attached hydrogens (primary N) is 1. The van der Waals surface area contributed by atoms with E-state index < -0.39 is 4.92 Å². The lowest BCUT2D eigenvalue weighted by molar-refractivity contribution is -0.384. The molecule has 1 unspecified atom stereocenters. The summed E-state index contributed by atoms with van der Waals surface area (Å²) in [5.41, 5.74) is 4.31. The van der Waals surface area contributed by atoms with Crippen molar-refractivity contribution in [3.63, 3.8) is 0 Å². The van der Waals surface area contributed by atoms with Crippen molar-refractivity contribution < 1.29 is 9.72 Å². The molecule has 0 fully saturated rings. The van der Waals surface area contributed by atoms with Crippen LogP contribution in [0.4, 0.5) is 11.6 Å². The average Bonchev–Trinajstić information content (AvgIpc) is 3.12. The van der Waals surface area contributed by atoms with Crippen LogP contribution in [0, 0.1) is 10.1 Å². The number of hydrazone groups is 1.